The van der Waals surface area contributed by atoms with Gasteiger partial charge in [-0.25, -0.2) is 8.42 Å². The van der Waals surface area contributed by atoms with E-state index in [1.54, 1.807) is 20.4 Å². The third kappa shape index (κ3) is 12.3. The molecule has 0 radical (unpaired) electrons. The van der Waals surface area contributed by atoms with Crippen molar-refractivity contribution in [3.05, 3.63) is 94.2 Å². The van der Waals surface area contributed by atoms with E-state index >= 15 is 0 Å². The smallest absolute Gasteiger partial charge is 0.744 e. The Morgan fingerprint density at radius 1 is 0.850 bits per heavy atom. The summed E-state index contributed by atoms with van der Waals surface area (Å²) in [5, 5.41) is 11.3. The number of nitrogens with two attached hydrogens (primary N) is 1. The van der Waals surface area contributed by atoms with Crippen LogP contribution in [0.4, 0.5) is 11.4 Å². The number of non-ortho nitro benzene ring substituents is 1. The fourth-order valence-corrected chi connectivity index (χ4v) is 3.53. The molecule has 0 aliphatic rings. The minimum Gasteiger partial charge on any atom is -0.744 e. The van der Waals surface area contributed by atoms with Crippen LogP contribution in [-0.2, 0) is 10.1 Å². The summed E-state index contributed by atoms with van der Waals surface area (Å²) in [5.74, 6) is 1.74. The van der Waals surface area contributed by atoms with Gasteiger partial charge in [-0.2, -0.15) is 0 Å². The number of nitrogens with zero attached hydrogens (tertiary/aromatic N) is 2. The molecule has 0 fully saturated rings. The number of methoxy groups -OCH3 is 2. The van der Waals surface area contributed by atoms with Crippen LogP contribution in [-0.4, -0.2) is 37.1 Å². The number of nitro benzene ring substituents is 1. The minimum atomic E-state index is -4.61. The molecule has 4 rings (SSSR count). The molecule has 0 saturated carbocycles. The Morgan fingerprint density at radius 2 is 1.45 bits per heavy atom. The molecule has 2 N–H and O–H groups in total. The maximum absolute atomic E-state index is 10.4. The molecule has 40 heavy (non-hydrogen) atoms. The van der Waals surface area contributed by atoms with Crippen molar-refractivity contribution in [1.29, 1.82) is 0 Å². The van der Waals surface area contributed by atoms with Crippen molar-refractivity contribution in [3.8, 4) is 11.5 Å². The fourth-order valence-electron chi connectivity index (χ4n) is 3.02. The molecule has 214 valence electrons. The summed E-state index contributed by atoms with van der Waals surface area (Å²) in [4.78, 5) is 13.1. The van der Waals surface area contributed by atoms with E-state index in [4.69, 9.17) is 15.2 Å². The fraction of sp³-hybridized carbons (Fsp3) is 0.250. The molecule has 1 aromatic heterocycles. The van der Waals surface area contributed by atoms with E-state index in [1.165, 1.54) is 0 Å². The summed E-state index contributed by atoms with van der Waals surface area (Å²) in [5.41, 5.74) is 9.07. The molecule has 12 heteroatoms. The van der Waals surface area contributed by atoms with Gasteiger partial charge in [0.05, 0.1) is 29.6 Å². The Hall–Kier alpha value is -3.22. The summed E-state index contributed by atoms with van der Waals surface area (Å²) in [6.45, 7) is 4.02. The summed E-state index contributed by atoms with van der Waals surface area (Å²) in [7, 11) is -1.29. The molecule has 0 aliphatic carbocycles. The average Bonchev–Trinajstić information content (AvgIpc) is 2.85. The number of ether oxygens (including phenoxy) is 2. The Balaban J connectivity index is -0.000000493. The predicted octanol–water partition coefficient (Wildman–Crippen LogP) is 3.55. The summed E-state index contributed by atoms with van der Waals surface area (Å²) < 4.78 is 41.5. The first-order valence-electron chi connectivity index (χ1n) is 10.5. The van der Waals surface area contributed by atoms with Crippen molar-refractivity contribution in [3.63, 3.8) is 0 Å². The van der Waals surface area contributed by atoms with Gasteiger partial charge in [0, 0.05) is 41.5 Å². The number of hydrogen-bond acceptors (Lipinski definition) is 9. The van der Waals surface area contributed by atoms with Crippen LogP contribution in [0.2, 0.25) is 0 Å². The van der Waals surface area contributed by atoms with E-state index in [9.17, 15) is 23.1 Å². The second-order valence-electron chi connectivity index (χ2n) is 7.46. The number of nitro groups is 1. The van der Waals surface area contributed by atoms with Gasteiger partial charge in [-0.15, -0.1) is 0 Å². The molecule has 0 atom stereocenters. The van der Waals surface area contributed by atoms with E-state index in [2.05, 4.69) is 17.1 Å². The number of anilines is 1. The Bertz CT molecular complexity index is 1470. The van der Waals surface area contributed by atoms with Crippen molar-refractivity contribution in [2.24, 2.45) is 0 Å². The van der Waals surface area contributed by atoms with Gasteiger partial charge >= 0.3 is 29.6 Å². The van der Waals surface area contributed by atoms with Crippen LogP contribution in [0.15, 0.2) is 77.8 Å². The van der Waals surface area contributed by atoms with E-state index in [1.807, 2.05) is 44.2 Å². The first-order chi connectivity index (χ1) is 17.0. The number of nitrogen functional groups attached to an aromatic ring is 1. The second-order valence-corrected chi connectivity index (χ2v) is 8.84. The number of hydrogen-bond donors (Lipinski definition) is 1. The first kappa shape index (κ1) is 41.3. The molecule has 4 aromatic rings. The van der Waals surface area contributed by atoms with E-state index in [-0.39, 0.29) is 51.8 Å². The van der Waals surface area contributed by atoms with E-state index < -0.39 is 25.6 Å². The van der Waals surface area contributed by atoms with Gasteiger partial charge in [-0.3, -0.25) is 15.1 Å². The number of pyridine rings is 1. The normalized spacial score (nSPS) is 9.32. The van der Waals surface area contributed by atoms with Crippen molar-refractivity contribution in [1.82, 2.24) is 4.98 Å². The third-order valence-corrected chi connectivity index (χ3v) is 5.70. The van der Waals surface area contributed by atoms with Crippen molar-refractivity contribution in [2.45, 2.75) is 41.0 Å². The largest absolute Gasteiger partial charge is 1.00 e. The van der Waals surface area contributed by atoms with Crippen LogP contribution in [0.1, 0.15) is 33.4 Å². The SMILES string of the molecule is C.C.C.COc1cc(N)ccc1C.COc1cc2ncccc2cc1C.O=[N+]([O-])c1cccc(S(=O)(=O)[O-])c1.[Na+]. The standard InChI is InChI=1S/C11H11NO.C8H11NO.C6H5NO5S.3CH4.Na/c1-8-6-9-4-3-5-12-10(9)7-11(8)13-2;1-6-3-4-7(9)5-8(6)10-2;8-7(9)5-2-1-3-6(4-5)13(10,11)12;;;;/h3-7H,1-2H3;3-5H,9H2,1-2H3;1-4H,(H,10,11,12);3*1H4;/q;;;;;;+1/p-1. The maximum Gasteiger partial charge on any atom is 1.00 e. The first-order valence-corrected chi connectivity index (χ1v) is 11.9. The van der Waals surface area contributed by atoms with Crippen LogP contribution >= 0.6 is 0 Å². The van der Waals surface area contributed by atoms with Crippen LogP contribution < -0.4 is 44.8 Å². The number of benzene rings is 3. The van der Waals surface area contributed by atoms with Gasteiger partial charge < -0.3 is 19.8 Å². The number of aromatic nitrogens is 1. The molecule has 0 bridgehead atoms. The van der Waals surface area contributed by atoms with Gasteiger partial charge in [-0.05, 0) is 49.2 Å². The molecule has 0 spiro atoms. The molecule has 0 unspecified atom stereocenters. The van der Waals surface area contributed by atoms with Gasteiger partial charge in [0.2, 0.25) is 0 Å². The average molecular weight is 584 g/mol. The minimum absolute atomic E-state index is 0. The number of rotatable bonds is 4. The van der Waals surface area contributed by atoms with Crippen LogP contribution in [0.3, 0.4) is 0 Å². The molecule has 3 aromatic carbocycles. The zero-order valence-electron chi connectivity index (χ0n) is 21.2. The predicted molar refractivity (Wildman–Crippen MR) is 156 cm³/mol. The molecule has 0 amide bonds. The molecule has 10 nitrogen and oxygen atoms in total. The van der Waals surface area contributed by atoms with Gasteiger partial charge in [-0.1, -0.05) is 40.5 Å². The van der Waals surface area contributed by atoms with E-state index in [0.717, 1.165) is 63.5 Å². The van der Waals surface area contributed by atoms with Crippen LogP contribution in [0, 0.1) is 24.0 Å². The summed E-state index contributed by atoms with van der Waals surface area (Å²) >= 11 is 0. The molecular formula is C28H38N3NaO7S. The monoisotopic (exact) mass is 583 g/mol. The molecule has 0 saturated heterocycles. The Kier molecular flexibility index (Phi) is 19.6. The van der Waals surface area contributed by atoms with Crippen molar-refractivity contribution in [2.75, 3.05) is 20.0 Å². The second kappa shape index (κ2) is 19.0. The topological polar surface area (TPSA) is 158 Å². The van der Waals surface area contributed by atoms with Gasteiger partial charge in [0.25, 0.3) is 5.69 Å². The summed E-state index contributed by atoms with van der Waals surface area (Å²) in [6.07, 6.45) is 1.79. The zero-order valence-corrected chi connectivity index (χ0v) is 24.0. The molecular weight excluding hydrogens is 545 g/mol. The Labute approximate surface area is 259 Å². The third-order valence-electron chi connectivity index (χ3n) is 4.87. The number of fused-ring (bicyclic) bond motifs is 1. The van der Waals surface area contributed by atoms with Crippen LogP contribution in [0.25, 0.3) is 10.9 Å². The van der Waals surface area contributed by atoms with Crippen LogP contribution in [0.5, 0.6) is 11.5 Å². The maximum atomic E-state index is 10.4. The zero-order chi connectivity index (χ0) is 26.9. The van der Waals surface area contributed by atoms with Crippen molar-refractivity contribution >= 4 is 32.4 Å². The van der Waals surface area contributed by atoms with Gasteiger partial charge in [0.1, 0.15) is 21.6 Å². The molecule has 0 aliphatic heterocycles. The Morgan fingerprint density at radius 3 is 1.98 bits per heavy atom. The summed E-state index contributed by atoms with van der Waals surface area (Å²) in [6, 6.07) is 17.6. The molecule has 1 heterocycles. The van der Waals surface area contributed by atoms with E-state index in [0.29, 0.717) is 0 Å². The quantitative estimate of drug-likeness (QED) is 0.125. The van der Waals surface area contributed by atoms with Crippen molar-refractivity contribution < 1.29 is 56.9 Å². The van der Waals surface area contributed by atoms with Gasteiger partial charge in [0.15, 0.2) is 0 Å². The number of aryl methyl sites for hydroxylation is 2.